The molecule has 42 heavy (non-hydrogen) atoms. The van der Waals surface area contributed by atoms with E-state index in [1.807, 2.05) is 32.2 Å². The van der Waals surface area contributed by atoms with E-state index in [1.54, 1.807) is 25.2 Å². The van der Waals surface area contributed by atoms with Crippen molar-refractivity contribution in [2.75, 3.05) is 6.54 Å². The summed E-state index contributed by atoms with van der Waals surface area (Å²) in [5.41, 5.74) is 0.0220. The Labute approximate surface area is 254 Å². The van der Waals surface area contributed by atoms with Gasteiger partial charge >= 0.3 is 5.97 Å². The van der Waals surface area contributed by atoms with Crippen LogP contribution in [0.1, 0.15) is 104 Å². The molecule has 3 rings (SSSR count). The molecule has 9 nitrogen and oxygen atoms in total. The van der Waals surface area contributed by atoms with E-state index in [4.69, 9.17) is 9.47 Å². The van der Waals surface area contributed by atoms with Crippen molar-refractivity contribution in [2.24, 2.45) is 17.3 Å². The van der Waals surface area contributed by atoms with Gasteiger partial charge in [-0.3, -0.25) is 14.4 Å². The molecule has 2 aliphatic heterocycles. The summed E-state index contributed by atoms with van der Waals surface area (Å²) in [6.45, 7) is 13.1. The lowest BCUT2D eigenvalue weighted by Gasteiger charge is -2.36. The van der Waals surface area contributed by atoms with Crippen molar-refractivity contribution in [3.63, 3.8) is 0 Å². The number of ketones is 1. The first kappa shape index (κ1) is 34.4. The van der Waals surface area contributed by atoms with Crippen LogP contribution in [0.3, 0.4) is 0 Å². The number of ether oxygens (including phenoxy) is 2. The minimum atomic E-state index is -1.29. The molecule has 0 spiro atoms. The van der Waals surface area contributed by atoms with E-state index in [0.717, 1.165) is 35.5 Å². The third-order valence-electron chi connectivity index (χ3n) is 9.07. The first-order valence-corrected chi connectivity index (χ1v) is 16.1. The van der Waals surface area contributed by atoms with Gasteiger partial charge in [-0.2, -0.15) is 0 Å². The zero-order valence-electron chi connectivity index (χ0n) is 26.3. The van der Waals surface area contributed by atoms with Crippen molar-refractivity contribution in [1.29, 1.82) is 0 Å². The molecule has 3 heterocycles. The lowest BCUT2D eigenvalue weighted by Crippen LogP contribution is -2.46. The minimum Gasteiger partial charge on any atom is -0.458 e. The fourth-order valence-corrected chi connectivity index (χ4v) is 6.49. The maximum atomic E-state index is 13.9. The molecule has 1 aromatic rings. The van der Waals surface area contributed by atoms with Gasteiger partial charge in [0.15, 0.2) is 0 Å². The zero-order chi connectivity index (χ0) is 31.2. The van der Waals surface area contributed by atoms with Crippen molar-refractivity contribution in [1.82, 2.24) is 10.3 Å². The zero-order valence-corrected chi connectivity index (χ0v) is 27.1. The van der Waals surface area contributed by atoms with Crippen LogP contribution in [0.25, 0.3) is 6.08 Å². The van der Waals surface area contributed by atoms with Crippen LogP contribution in [-0.4, -0.2) is 69.4 Å². The number of rotatable bonds is 7. The number of fused-ring (bicyclic) bond motifs is 1. The summed E-state index contributed by atoms with van der Waals surface area (Å²) >= 11 is 1.55. The van der Waals surface area contributed by atoms with Crippen molar-refractivity contribution >= 4 is 35.1 Å². The van der Waals surface area contributed by atoms with Gasteiger partial charge in [0.05, 0.1) is 46.5 Å². The molecule has 1 aromatic heterocycles. The van der Waals surface area contributed by atoms with E-state index < -0.39 is 35.6 Å². The predicted octanol–water partition coefficient (Wildman–Crippen LogP) is 4.76. The summed E-state index contributed by atoms with van der Waals surface area (Å²) in [5.74, 6) is -1.81. The molecule has 0 saturated carbocycles. The number of epoxide rings is 1. The van der Waals surface area contributed by atoms with Crippen LogP contribution >= 0.6 is 11.3 Å². The lowest BCUT2D eigenvalue weighted by atomic mass is 9.71. The van der Waals surface area contributed by atoms with Crippen LogP contribution in [0.5, 0.6) is 0 Å². The Bertz CT molecular complexity index is 1130. The Balaban J connectivity index is 1.83. The number of cyclic esters (lactones) is 1. The van der Waals surface area contributed by atoms with Crippen LogP contribution in [0.4, 0.5) is 0 Å². The molecule has 0 radical (unpaired) electrons. The van der Waals surface area contributed by atoms with E-state index in [2.05, 4.69) is 17.2 Å². The molecule has 2 fully saturated rings. The topological polar surface area (TPSA) is 138 Å². The van der Waals surface area contributed by atoms with Crippen LogP contribution in [0, 0.1) is 24.2 Å². The van der Waals surface area contributed by atoms with E-state index in [9.17, 15) is 24.6 Å². The number of esters is 1. The highest BCUT2D eigenvalue weighted by molar-refractivity contribution is 7.09. The minimum absolute atomic E-state index is 0.0803. The van der Waals surface area contributed by atoms with Gasteiger partial charge in [-0.25, -0.2) is 4.98 Å². The second kappa shape index (κ2) is 14.6. The molecule has 3 N–H and O–H groups in total. The van der Waals surface area contributed by atoms with Gasteiger partial charge in [-0.1, -0.05) is 33.6 Å². The largest absolute Gasteiger partial charge is 0.458 e. The third kappa shape index (κ3) is 9.18. The lowest BCUT2D eigenvalue weighted by molar-refractivity contribution is -0.155. The Hall–Kier alpha value is -2.14. The fraction of sp³-hybridized carbons (Fsp3) is 0.750. The number of thiazole rings is 1. The van der Waals surface area contributed by atoms with Gasteiger partial charge in [-0.05, 0) is 64.0 Å². The number of hydrogen-bond donors (Lipinski definition) is 3. The number of unbranched alkanes of at least 4 members (excludes halogenated alkanes) is 1. The molecule has 0 aromatic carbocycles. The molecule has 2 aliphatic rings. The Kier molecular flexibility index (Phi) is 11.9. The summed E-state index contributed by atoms with van der Waals surface area (Å²) in [5, 5.41) is 28.2. The van der Waals surface area contributed by atoms with Gasteiger partial charge in [0.2, 0.25) is 5.91 Å². The number of carbonyl (C=O) groups excluding carboxylic acids is 3. The Morgan fingerprint density at radius 2 is 1.93 bits per heavy atom. The second-order valence-electron chi connectivity index (χ2n) is 13.1. The average Bonchev–Trinajstić information content (AvgIpc) is 3.35. The van der Waals surface area contributed by atoms with Crippen molar-refractivity contribution in [2.45, 2.75) is 130 Å². The number of nitrogens with one attached hydrogen (secondary N) is 1. The van der Waals surface area contributed by atoms with Crippen LogP contribution in [0.2, 0.25) is 0 Å². The number of carbonyl (C=O) groups is 3. The third-order valence-corrected chi connectivity index (χ3v) is 9.86. The second-order valence-corrected chi connectivity index (χ2v) is 14.1. The molecule has 0 aliphatic carbocycles. The van der Waals surface area contributed by atoms with E-state index >= 15 is 0 Å². The number of hydrogen-bond acceptors (Lipinski definition) is 9. The molecular formula is C32H50N2O7S. The molecule has 10 heteroatoms. The van der Waals surface area contributed by atoms with Crippen molar-refractivity contribution in [3.05, 3.63) is 21.7 Å². The molecular weight excluding hydrogens is 556 g/mol. The maximum absolute atomic E-state index is 13.9. The standard InChI is InChI=1S/C32H50N2O7S/c1-19-11-10-13-32(7)27(41-32)16-25(20(2)15-23-18-42-22(4)34-23)40-28(37)17-26(36)31(5,6)30(39)24(29(19)38)12-8-9-14-33-21(3)35/h15,18-19,24-27,29,36,38H,8-14,16-17H2,1-7H3,(H,33,35)/b20-15+/t19-,24?,25-,26-,27-,29-,32+/m0/s1. The maximum Gasteiger partial charge on any atom is 0.309 e. The molecule has 1 unspecified atom stereocenters. The van der Waals surface area contributed by atoms with Gasteiger partial charge in [-0.15, -0.1) is 11.3 Å². The summed E-state index contributed by atoms with van der Waals surface area (Å²) in [6, 6.07) is 0. The molecule has 2 saturated heterocycles. The SMILES string of the molecule is CC(=O)NCCCCC1C(=O)C(C)(C)[C@@H](O)CC(=O)O[C@H](/C(C)=C/c2csc(C)n2)C[C@@H]2O[C@]2(C)CCC[C@H](C)[C@@H]1O. The number of aliphatic hydroxyl groups excluding tert-OH is 2. The highest BCUT2D eigenvalue weighted by atomic mass is 32.1. The van der Waals surface area contributed by atoms with Gasteiger partial charge in [0.25, 0.3) is 0 Å². The fourth-order valence-electron chi connectivity index (χ4n) is 5.92. The Morgan fingerprint density at radius 3 is 2.57 bits per heavy atom. The quantitative estimate of drug-likeness (QED) is 0.229. The Morgan fingerprint density at radius 1 is 1.21 bits per heavy atom. The highest BCUT2D eigenvalue weighted by Gasteiger charge is 2.53. The molecule has 7 atom stereocenters. The number of Topliss-reactive ketones (excluding diaryl/α,β-unsaturated/α-hetero) is 1. The monoisotopic (exact) mass is 606 g/mol. The van der Waals surface area contributed by atoms with Crippen molar-refractivity contribution in [3.8, 4) is 0 Å². The van der Waals surface area contributed by atoms with Crippen molar-refractivity contribution < 1.29 is 34.1 Å². The molecule has 0 bridgehead atoms. The summed E-state index contributed by atoms with van der Waals surface area (Å²) in [4.78, 5) is 42.8. The summed E-state index contributed by atoms with van der Waals surface area (Å²) in [7, 11) is 0. The summed E-state index contributed by atoms with van der Waals surface area (Å²) < 4.78 is 12.1. The van der Waals surface area contributed by atoms with Crippen LogP contribution < -0.4 is 5.32 Å². The number of amides is 1. The number of aryl methyl sites for hydroxylation is 1. The molecule has 236 valence electrons. The van der Waals surface area contributed by atoms with Crippen LogP contribution in [0.15, 0.2) is 11.0 Å². The molecule has 1 amide bonds. The summed E-state index contributed by atoms with van der Waals surface area (Å²) in [6.07, 6.45) is 3.33. The van der Waals surface area contributed by atoms with E-state index in [1.165, 1.54) is 6.92 Å². The number of aromatic nitrogens is 1. The number of aliphatic hydroxyl groups is 2. The number of nitrogens with zero attached hydrogens (tertiary/aromatic N) is 1. The smallest absolute Gasteiger partial charge is 0.309 e. The van der Waals surface area contributed by atoms with E-state index in [0.29, 0.717) is 32.2 Å². The van der Waals surface area contributed by atoms with E-state index in [-0.39, 0.29) is 35.7 Å². The first-order valence-electron chi connectivity index (χ1n) is 15.3. The van der Waals surface area contributed by atoms with Gasteiger partial charge < -0.3 is 25.0 Å². The normalized spacial score (nSPS) is 33.0. The predicted molar refractivity (Wildman–Crippen MR) is 163 cm³/mol. The van der Waals surface area contributed by atoms with Gasteiger partial charge in [0.1, 0.15) is 11.9 Å². The highest BCUT2D eigenvalue weighted by Crippen LogP contribution is 2.45. The average molecular weight is 607 g/mol. The van der Waals surface area contributed by atoms with Gasteiger partial charge in [0, 0.05) is 31.2 Å². The first-order chi connectivity index (χ1) is 19.6. The van der Waals surface area contributed by atoms with Crippen LogP contribution in [-0.2, 0) is 23.9 Å².